The van der Waals surface area contributed by atoms with Crippen molar-refractivity contribution < 1.29 is 17.6 Å². The van der Waals surface area contributed by atoms with Crippen LogP contribution in [0.3, 0.4) is 0 Å². The number of benzene rings is 2. The third-order valence-corrected chi connectivity index (χ3v) is 9.30. The molecule has 1 amide bonds. The highest BCUT2D eigenvalue weighted by Crippen LogP contribution is 2.47. The molecule has 2 aliphatic rings. The molecule has 1 saturated carbocycles. The molecule has 1 N–H and O–H groups in total. The number of halogens is 1. The van der Waals surface area contributed by atoms with Crippen LogP contribution in [0.1, 0.15) is 49.9 Å². The summed E-state index contributed by atoms with van der Waals surface area (Å²) < 4.78 is 42.8. The maximum atomic E-state index is 13.2. The minimum atomic E-state index is -3.52. The van der Waals surface area contributed by atoms with E-state index >= 15 is 0 Å². The average molecular weight is 499 g/mol. The quantitative estimate of drug-likeness (QED) is 0.514. The molecule has 1 aliphatic heterocycles. The van der Waals surface area contributed by atoms with E-state index in [9.17, 15) is 17.6 Å². The summed E-state index contributed by atoms with van der Waals surface area (Å²) >= 11 is 0. The van der Waals surface area contributed by atoms with Gasteiger partial charge >= 0.3 is 0 Å². The van der Waals surface area contributed by atoms with E-state index in [-0.39, 0.29) is 28.5 Å². The first-order valence-electron chi connectivity index (χ1n) is 12.3. The molecule has 1 aliphatic carbocycles. The molecule has 1 aromatic heterocycles. The molecule has 0 bridgehead atoms. The molecule has 5 rings (SSSR count). The number of aromatic nitrogens is 2. The molecule has 9 heteroatoms. The predicted molar refractivity (Wildman–Crippen MR) is 132 cm³/mol. The Balaban J connectivity index is 1.23. The van der Waals surface area contributed by atoms with Gasteiger partial charge in [0.15, 0.2) is 0 Å². The lowest BCUT2D eigenvalue weighted by atomic mass is 9.96. The normalized spacial score (nSPS) is 18.0. The highest BCUT2D eigenvalue weighted by Gasteiger charge is 2.44. The summed E-state index contributed by atoms with van der Waals surface area (Å²) in [5, 5.41) is 3.03. The van der Waals surface area contributed by atoms with Crippen LogP contribution in [0.4, 0.5) is 4.39 Å². The molecule has 0 radical (unpaired) electrons. The molecule has 2 aromatic carbocycles. The first kappa shape index (κ1) is 23.9. The molecule has 0 spiro atoms. The fourth-order valence-corrected chi connectivity index (χ4v) is 6.51. The number of sulfonamides is 1. The Morgan fingerprint density at radius 3 is 2.49 bits per heavy atom. The third-order valence-electron chi connectivity index (χ3n) is 7.41. The number of hydrogen-bond donors (Lipinski definition) is 1. The van der Waals surface area contributed by atoms with Crippen molar-refractivity contribution >= 4 is 27.0 Å². The highest BCUT2D eigenvalue weighted by atomic mass is 32.2. The topological polar surface area (TPSA) is 84.3 Å². The van der Waals surface area contributed by atoms with Crippen molar-refractivity contribution in [1.82, 2.24) is 19.2 Å². The van der Waals surface area contributed by atoms with Crippen molar-refractivity contribution in [3.05, 3.63) is 59.7 Å². The Morgan fingerprint density at radius 1 is 1.09 bits per heavy atom. The van der Waals surface area contributed by atoms with E-state index in [1.807, 2.05) is 11.6 Å². The van der Waals surface area contributed by atoms with E-state index in [0.717, 1.165) is 49.0 Å². The van der Waals surface area contributed by atoms with Crippen LogP contribution in [-0.4, -0.2) is 47.8 Å². The fraction of sp³-hybridized carbons (Fsp3) is 0.462. The summed E-state index contributed by atoms with van der Waals surface area (Å²) in [5.41, 5.74) is 2.43. The molecule has 186 valence electrons. The van der Waals surface area contributed by atoms with Gasteiger partial charge in [-0.3, -0.25) is 4.79 Å². The summed E-state index contributed by atoms with van der Waals surface area (Å²) in [7, 11) is -1.64. The molecule has 0 unspecified atom stereocenters. The second kappa shape index (κ2) is 9.35. The van der Waals surface area contributed by atoms with Gasteiger partial charge in [-0.2, -0.15) is 4.31 Å². The summed E-state index contributed by atoms with van der Waals surface area (Å²) in [6.07, 6.45) is 5.54. The van der Waals surface area contributed by atoms with Crippen LogP contribution in [0.2, 0.25) is 0 Å². The van der Waals surface area contributed by atoms with Gasteiger partial charge < -0.3 is 9.88 Å². The summed E-state index contributed by atoms with van der Waals surface area (Å²) in [6.45, 7) is 1.66. The number of rotatable bonds is 8. The molecular formula is C26H31FN4O3S. The van der Waals surface area contributed by atoms with Crippen LogP contribution in [0, 0.1) is 5.82 Å². The standard InChI is InChI=1S/C26H31FN4O3S/c1-30-23-10-9-21(35(33,34)31-15-3-2-4-16-31)17-22(23)29-24(30)11-12-25(32)28-18-26(13-14-26)19-5-7-20(27)8-6-19/h5-10,17H,2-4,11-16,18H2,1H3,(H,28,32). The van der Waals surface area contributed by atoms with Crippen LogP contribution in [0.25, 0.3) is 11.0 Å². The number of imidazole rings is 1. The average Bonchev–Trinajstić information content (AvgIpc) is 3.60. The molecule has 2 fully saturated rings. The number of amides is 1. The second-order valence-electron chi connectivity index (χ2n) is 9.77. The number of hydrogen-bond acceptors (Lipinski definition) is 4. The van der Waals surface area contributed by atoms with Gasteiger partial charge in [0.25, 0.3) is 0 Å². The zero-order chi connectivity index (χ0) is 24.6. The smallest absolute Gasteiger partial charge is 0.243 e. The molecule has 1 saturated heterocycles. The van der Waals surface area contributed by atoms with E-state index < -0.39 is 10.0 Å². The molecule has 2 heterocycles. The molecule has 0 atom stereocenters. The number of carbonyl (C=O) groups is 1. The number of carbonyl (C=O) groups excluding carboxylic acids is 1. The minimum Gasteiger partial charge on any atom is -0.355 e. The molecule has 7 nitrogen and oxygen atoms in total. The van der Waals surface area contributed by atoms with Crippen LogP contribution < -0.4 is 5.32 Å². The van der Waals surface area contributed by atoms with Crippen molar-refractivity contribution in [3.63, 3.8) is 0 Å². The Labute approximate surface area is 205 Å². The van der Waals surface area contributed by atoms with Crippen molar-refractivity contribution in [3.8, 4) is 0 Å². The third kappa shape index (κ3) is 4.84. The Hall–Kier alpha value is -2.78. The zero-order valence-corrected chi connectivity index (χ0v) is 20.8. The Kier molecular flexibility index (Phi) is 6.40. The largest absolute Gasteiger partial charge is 0.355 e. The van der Waals surface area contributed by atoms with E-state index in [1.54, 1.807) is 34.6 Å². The monoisotopic (exact) mass is 498 g/mol. The summed E-state index contributed by atoms with van der Waals surface area (Å²) in [5.74, 6) is 0.424. The number of aryl methyl sites for hydroxylation is 2. The van der Waals surface area contributed by atoms with Crippen LogP contribution in [0.15, 0.2) is 47.4 Å². The molecule has 3 aromatic rings. The van der Waals surface area contributed by atoms with Crippen molar-refractivity contribution in [2.24, 2.45) is 7.05 Å². The van der Waals surface area contributed by atoms with Crippen molar-refractivity contribution in [2.75, 3.05) is 19.6 Å². The van der Waals surface area contributed by atoms with E-state index in [0.29, 0.717) is 31.6 Å². The lowest BCUT2D eigenvalue weighted by molar-refractivity contribution is -0.121. The number of nitrogens with one attached hydrogen (secondary N) is 1. The van der Waals surface area contributed by atoms with Crippen molar-refractivity contribution in [2.45, 2.75) is 55.3 Å². The van der Waals surface area contributed by atoms with E-state index in [1.165, 1.54) is 12.1 Å². The van der Waals surface area contributed by atoms with Crippen LogP contribution in [0.5, 0.6) is 0 Å². The maximum absolute atomic E-state index is 13.2. The number of fused-ring (bicyclic) bond motifs is 1. The Morgan fingerprint density at radius 2 is 1.80 bits per heavy atom. The zero-order valence-electron chi connectivity index (χ0n) is 20.0. The maximum Gasteiger partial charge on any atom is 0.243 e. The predicted octanol–water partition coefficient (Wildman–Crippen LogP) is 3.67. The van der Waals surface area contributed by atoms with Gasteiger partial charge in [-0.1, -0.05) is 18.6 Å². The first-order valence-corrected chi connectivity index (χ1v) is 13.7. The van der Waals surface area contributed by atoms with Crippen LogP contribution >= 0.6 is 0 Å². The minimum absolute atomic E-state index is 0.0567. The first-order chi connectivity index (χ1) is 16.8. The van der Waals surface area contributed by atoms with Gasteiger partial charge in [0.05, 0.1) is 15.9 Å². The lowest BCUT2D eigenvalue weighted by Gasteiger charge is -2.25. The highest BCUT2D eigenvalue weighted by molar-refractivity contribution is 7.89. The van der Waals surface area contributed by atoms with Crippen LogP contribution in [-0.2, 0) is 33.7 Å². The van der Waals surface area contributed by atoms with Gasteiger partial charge in [0.2, 0.25) is 15.9 Å². The van der Waals surface area contributed by atoms with Gasteiger partial charge in [0, 0.05) is 44.9 Å². The van der Waals surface area contributed by atoms with E-state index in [2.05, 4.69) is 10.3 Å². The van der Waals surface area contributed by atoms with Gasteiger partial charge in [0.1, 0.15) is 11.6 Å². The SMILES string of the molecule is Cn1c(CCC(=O)NCC2(c3ccc(F)cc3)CC2)nc2cc(S(=O)(=O)N3CCCCC3)ccc21. The molecule has 35 heavy (non-hydrogen) atoms. The fourth-order valence-electron chi connectivity index (χ4n) is 4.97. The van der Waals surface area contributed by atoms with Crippen molar-refractivity contribution in [1.29, 1.82) is 0 Å². The van der Waals surface area contributed by atoms with Gasteiger partial charge in [-0.25, -0.2) is 17.8 Å². The number of nitrogens with zero attached hydrogens (tertiary/aromatic N) is 3. The number of piperidine rings is 1. The summed E-state index contributed by atoms with van der Waals surface area (Å²) in [6, 6.07) is 11.6. The Bertz CT molecular complexity index is 1340. The molecular weight excluding hydrogens is 467 g/mol. The lowest BCUT2D eigenvalue weighted by Crippen LogP contribution is -2.35. The van der Waals surface area contributed by atoms with Gasteiger partial charge in [-0.05, 0) is 61.6 Å². The second-order valence-corrected chi connectivity index (χ2v) is 11.7. The van der Waals surface area contributed by atoms with Gasteiger partial charge in [-0.15, -0.1) is 0 Å². The van der Waals surface area contributed by atoms with E-state index in [4.69, 9.17) is 0 Å². The summed E-state index contributed by atoms with van der Waals surface area (Å²) in [4.78, 5) is 17.5.